The van der Waals surface area contributed by atoms with Gasteiger partial charge >= 0.3 is 0 Å². The van der Waals surface area contributed by atoms with E-state index < -0.39 is 0 Å². The number of nitrogens with two attached hydrogens (primary N) is 1. The second-order valence-corrected chi connectivity index (χ2v) is 7.29. The number of benzene rings is 1. The Bertz CT molecular complexity index is 967. The van der Waals surface area contributed by atoms with Crippen LogP contribution in [0.3, 0.4) is 0 Å². The van der Waals surface area contributed by atoms with Crippen LogP contribution in [0.1, 0.15) is 18.4 Å². The van der Waals surface area contributed by atoms with Crippen molar-refractivity contribution in [1.82, 2.24) is 9.55 Å². The molecule has 3 heterocycles. The molecule has 2 N–H and O–H groups in total. The zero-order valence-corrected chi connectivity index (χ0v) is 14.5. The summed E-state index contributed by atoms with van der Waals surface area (Å²) in [6.07, 6.45) is 1.92. The van der Waals surface area contributed by atoms with Crippen molar-refractivity contribution in [3.05, 3.63) is 57.4 Å². The highest BCUT2D eigenvalue weighted by Gasteiger charge is 2.23. The Morgan fingerprint density at radius 3 is 2.96 bits per heavy atom. The highest BCUT2D eigenvalue weighted by Crippen LogP contribution is 2.23. The van der Waals surface area contributed by atoms with Crippen LogP contribution in [0.25, 0.3) is 10.2 Å². The predicted molar refractivity (Wildman–Crippen MR) is 98.8 cm³/mol. The highest BCUT2D eigenvalue weighted by atomic mass is 32.1. The van der Waals surface area contributed by atoms with Crippen LogP contribution in [0.15, 0.2) is 40.5 Å². The average molecular weight is 358 g/mol. The van der Waals surface area contributed by atoms with Gasteiger partial charge in [-0.2, -0.15) is 0 Å². The molecule has 4 rings (SSSR count). The number of piperidine rings is 1. The fraction of sp³-hybridized carbons (Fsp3) is 0.333. The number of anilines is 1. The minimum Gasteiger partial charge on any atom is -0.341 e. The van der Waals surface area contributed by atoms with Gasteiger partial charge in [0.25, 0.3) is 5.56 Å². The predicted octanol–water partition coefficient (Wildman–Crippen LogP) is 2.57. The third kappa shape index (κ3) is 3.05. The maximum Gasteiger partial charge on any atom is 0.273 e. The molecular formula is C18H19FN4OS. The minimum absolute atomic E-state index is 0.0609. The van der Waals surface area contributed by atoms with Crippen molar-refractivity contribution in [3.63, 3.8) is 0 Å². The first kappa shape index (κ1) is 16.2. The number of hydrogen-bond acceptors (Lipinski definition) is 5. The fourth-order valence-electron chi connectivity index (χ4n) is 3.30. The molecule has 2 aromatic heterocycles. The van der Waals surface area contributed by atoms with E-state index in [4.69, 9.17) is 10.7 Å². The van der Waals surface area contributed by atoms with E-state index in [1.54, 1.807) is 22.8 Å². The Hall–Kier alpha value is -2.25. The zero-order chi connectivity index (χ0) is 17.4. The van der Waals surface area contributed by atoms with E-state index in [2.05, 4.69) is 0 Å². The molecule has 1 saturated heterocycles. The van der Waals surface area contributed by atoms with Crippen LogP contribution in [0, 0.1) is 5.82 Å². The summed E-state index contributed by atoms with van der Waals surface area (Å²) in [5.41, 5.74) is 7.14. The van der Waals surface area contributed by atoms with Gasteiger partial charge in [0, 0.05) is 24.7 Å². The maximum absolute atomic E-state index is 14.1. The Kier molecular flexibility index (Phi) is 4.27. The molecule has 1 aromatic carbocycles. The van der Waals surface area contributed by atoms with Crippen LogP contribution in [0.2, 0.25) is 0 Å². The summed E-state index contributed by atoms with van der Waals surface area (Å²) >= 11 is 1.37. The van der Waals surface area contributed by atoms with Gasteiger partial charge in [-0.3, -0.25) is 9.36 Å². The molecule has 1 aliphatic rings. The Morgan fingerprint density at radius 2 is 2.16 bits per heavy atom. The van der Waals surface area contributed by atoms with Gasteiger partial charge in [0.05, 0.1) is 12.1 Å². The summed E-state index contributed by atoms with van der Waals surface area (Å²) in [4.78, 5) is 19.8. The Balaban J connectivity index is 1.85. The molecule has 1 atom stereocenters. The first-order chi connectivity index (χ1) is 12.1. The van der Waals surface area contributed by atoms with Crippen LogP contribution in [-0.2, 0) is 6.54 Å². The quantitative estimate of drug-likeness (QED) is 0.782. The molecule has 25 heavy (non-hydrogen) atoms. The second-order valence-electron chi connectivity index (χ2n) is 6.38. The van der Waals surface area contributed by atoms with Crippen LogP contribution < -0.4 is 16.2 Å². The van der Waals surface area contributed by atoms with Crippen LogP contribution >= 0.6 is 11.3 Å². The summed E-state index contributed by atoms with van der Waals surface area (Å²) in [5, 5.41) is 1.86. The van der Waals surface area contributed by atoms with Gasteiger partial charge in [-0.1, -0.05) is 18.2 Å². The number of halogens is 1. The number of fused-ring (bicyclic) bond motifs is 1. The number of hydrogen-bond donors (Lipinski definition) is 1. The topological polar surface area (TPSA) is 64.2 Å². The van der Waals surface area contributed by atoms with Crippen LogP contribution in [-0.4, -0.2) is 28.7 Å². The van der Waals surface area contributed by atoms with E-state index in [1.165, 1.54) is 17.4 Å². The number of nitrogens with zero attached hydrogens (tertiary/aromatic N) is 3. The van der Waals surface area contributed by atoms with Gasteiger partial charge in [-0.15, -0.1) is 11.3 Å². The standard InChI is InChI=1S/C18H19FN4OS/c19-14-6-2-1-4-12(14)10-23-17(24)16-15(7-9-25-16)21-18(23)22-8-3-5-13(20)11-22/h1-2,4,6-7,9,13H,3,5,8,10-11,20H2. The van der Waals surface area contributed by atoms with Gasteiger partial charge in [0.2, 0.25) is 5.95 Å². The first-order valence-corrected chi connectivity index (χ1v) is 9.23. The van der Waals surface area contributed by atoms with Crippen molar-refractivity contribution in [3.8, 4) is 0 Å². The number of rotatable bonds is 3. The highest BCUT2D eigenvalue weighted by molar-refractivity contribution is 7.17. The molecule has 1 fully saturated rings. The maximum atomic E-state index is 14.1. The van der Waals surface area contributed by atoms with Gasteiger partial charge < -0.3 is 10.6 Å². The molecule has 130 valence electrons. The molecule has 7 heteroatoms. The van der Waals surface area contributed by atoms with E-state index in [9.17, 15) is 9.18 Å². The van der Waals surface area contributed by atoms with E-state index in [-0.39, 0.29) is 24.0 Å². The molecule has 0 aliphatic carbocycles. The molecule has 0 saturated carbocycles. The molecule has 1 aliphatic heterocycles. The van der Waals surface area contributed by atoms with Crippen molar-refractivity contribution in [2.75, 3.05) is 18.0 Å². The third-order valence-corrected chi connectivity index (χ3v) is 5.46. The average Bonchev–Trinajstić information content (AvgIpc) is 3.08. The SMILES string of the molecule is NC1CCCN(c2nc3ccsc3c(=O)n2Cc2ccccc2F)C1. The molecule has 3 aromatic rings. The molecule has 0 spiro atoms. The summed E-state index contributed by atoms with van der Waals surface area (Å²) in [6.45, 7) is 1.61. The van der Waals surface area contributed by atoms with E-state index >= 15 is 0 Å². The molecule has 0 bridgehead atoms. The summed E-state index contributed by atoms with van der Waals surface area (Å²) in [5.74, 6) is 0.260. The van der Waals surface area contributed by atoms with Gasteiger partial charge in [-0.25, -0.2) is 9.37 Å². The molecular weight excluding hydrogens is 339 g/mol. The molecule has 0 radical (unpaired) electrons. The molecule has 1 unspecified atom stereocenters. The van der Waals surface area contributed by atoms with E-state index in [1.807, 2.05) is 16.3 Å². The number of aromatic nitrogens is 2. The van der Waals surface area contributed by atoms with Gasteiger partial charge in [0.1, 0.15) is 10.5 Å². The summed E-state index contributed by atoms with van der Waals surface area (Å²) < 4.78 is 16.3. The van der Waals surface area contributed by atoms with E-state index in [0.29, 0.717) is 28.3 Å². The fourth-order valence-corrected chi connectivity index (χ4v) is 4.08. The zero-order valence-electron chi connectivity index (χ0n) is 13.7. The van der Waals surface area contributed by atoms with Gasteiger partial charge in [0.15, 0.2) is 0 Å². The third-order valence-electron chi connectivity index (χ3n) is 4.57. The number of thiophene rings is 1. The second kappa shape index (κ2) is 6.57. The Labute approximate surface area is 148 Å². The minimum atomic E-state index is -0.318. The van der Waals surface area contributed by atoms with Gasteiger partial charge in [-0.05, 0) is 30.4 Å². The van der Waals surface area contributed by atoms with Crippen LogP contribution in [0.5, 0.6) is 0 Å². The molecule has 0 amide bonds. The van der Waals surface area contributed by atoms with E-state index in [0.717, 1.165) is 19.4 Å². The molecule has 5 nitrogen and oxygen atoms in total. The van der Waals surface area contributed by atoms with Crippen molar-refractivity contribution < 1.29 is 4.39 Å². The monoisotopic (exact) mass is 358 g/mol. The lowest BCUT2D eigenvalue weighted by Crippen LogP contribution is -2.45. The lowest BCUT2D eigenvalue weighted by molar-refractivity contribution is 0.490. The lowest BCUT2D eigenvalue weighted by Gasteiger charge is -2.33. The summed E-state index contributed by atoms with van der Waals surface area (Å²) in [6, 6.07) is 8.44. The van der Waals surface area contributed by atoms with Crippen LogP contribution in [0.4, 0.5) is 10.3 Å². The summed E-state index contributed by atoms with van der Waals surface area (Å²) in [7, 11) is 0. The lowest BCUT2D eigenvalue weighted by atomic mass is 10.1. The smallest absolute Gasteiger partial charge is 0.273 e. The Morgan fingerprint density at radius 1 is 1.32 bits per heavy atom. The largest absolute Gasteiger partial charge is 0.341 e. The first-order valence-electron chi connectivity index (χ1n) is 8.35. The van der Waals surface area contributed by atoms with Crippen molar-refractivity contribution >= 4 is 27.5 Å². The normalized spacial score (nSPS) is 18.0. The van der Waals surface area contributed by atoms with Crippen molar-refractivity contribution in [2.24, 2.45) is 5.73 Å². The van der Waals surface area contributed by atoms with Crippen molar-refractivity contribution in [1.29, 1.82) is 0 Å². The van der Waals surface area contributed by atoms with Crippen molar-refractivity contribution in [2.45, 2.75) is 25.4 Å².